The topological polar surface area (TPSA) is 90.2 Å². The average molecular weight is 445 g/mol. The molecule has 0 aliphatic carbocycles. The number of ether oxygens (including phenoxy) is 1. The molecule has 2 aromatic carbocycles. The lowest BCUT2D eigenvalue weighted by Gasteiger charge is -2.40. The maximum atomic E-state index is 13.2. The fraction of sp³-hybridized carbons (Fsp3) is 0.333. The maximum absolute atomic E-state index is 13.2. The van der Waals surface area contributed by atoms with Crippen LogP contribution >= 0.6 is 11.3 Å². The van der Waals surface area contributed by atoms with Gasteiger partial charge in [0.05, 0.1) is 6.61 Å². The molecular weight excluding hydrogens is 419 g/mol. The first-order valence-corrected chi connectivity index (χ1v) is 10.9. The summed E-state index contributed by atoms with van der Waals surface area (Å²) in [5.41, 5.74) is 3.75. The van der Waals surface area contributed by atoms with E-state index in [4.69, 9.17) is 4.74 Å². The van der Waals surface area contributed by atoms with Crippen LogP contribution in [-0.2, 0) is 11.2 Å². The highest BCUT2D eigenvalue weighted by Crippen LogP contribution is 2.35. The maximum Gasteiger partial charge on any atom is 0.123 e. The van der Waals surface area contributed by atoms with E-state index in [-0.39, 0.29) is 5.82 Å². The van der Waals surface area contributed by atoms with Crippen LogP contribution in [0.2, 0.25) is 0 Å². The summed E-state index contributed by atoms with van der Waals surface area (Å²) in [4.78, 5) is 2.19. The normalized spacial score (nSPS) is 26.2. The molecule has 2 heterocycles. The molecule has 4 N–H and O–H groups in total. The monoisotopic (exact) mass is 444 g/mol. The van der Waals surface area contributed by atoms with E-state index in [1.54, 1.807) is 23.5 Å². The van der Waals surface area contributed by atoms with E-state index in [0.717, 1.165) is 26.4 Å². The molecule has 1 aromatic heterocycles. The summed E-state index contributed by atoms with van der Waals surface area (Å²) in [6.45, 7) is 1.54. The van der Waals surface area contributed by atoms with Crippen LogP contribution in [0.1, 0.15) is 27.7 Å². The number of thiophene rings is 1. The van der Waals surface area contributed by atoms with Gasteiger partial charge in [-0.25, -0.2) is 4.39 Å². The van der Waals surface area contributed by atoms with Crippen molar-refractivity contribution in [1.29, 1.82) is 0 Å². The van der Waals surface area contributed by atoms with E-state index in [0.29, 0.717) is 12.0 Å². The minimum absolute atomic E-state index is 0.263. The van der Waals surface area contributed by atoms with Crippen molar-refractivity contribution in [3.05, 3.63) is 82.0 Å². The molecule has 3 aromatic rings. The number of hydrogen-bond donors (Lipinski definition) is 4. The number of aliphatic hydroxyl groups excluding tert-OH is 4. The average Bonchev–Trinajstić information content (AvgIpc) is 3.23. The molecule has 1 fully saturated rings. The number of hydrogen-bond acceptors (Lipinski definition) is 6. The highest BCUT2D eigenvalue weighted by Gasteiger charge is 2.43. The fourth-order valence-corrected chi connectivity index (χ4v) is 4.90. The Morgan fingerprint density at radius 1 is 0.935 bits per heavy atom. The molecule has 1 aliphatic rings. The number of halogens is 1. The van der Waals surface area contributed by atoms with Crippen LogP contribution in [-0.4, -0.2) is 51.4 Å². The van der Waals surface area contributed by atoms with Crippen LogP contribution in [0.5, 0.6) is 0 Å². The van der Waals surface area contributed by atoms with Crippen molar-refractivity contribution in [2.24, 2.45) is 0 Å². The molecule has 0 spiro atoms. The second kappa shape index (κ2) is 9.16. The number of rotatable bonds is 5. The molecule has 5 nitrogen and oxygen atoms in total. The number of aliphatic hydroxyl groups is 4. The van der Waals surface area contributed by atoms with Gasteiger partial charge < -0.3 is 25.2 Å². The van der Waals surface area contributed by atoms with E-state index in [1.807, 2.05) is 37.3 Å². The van der Waals surface area contributed by atoms with Gasteiger partial charge in [-0.15, -0.1) is 11.3 Å². The van der Waals surface area contributed by atoms with Gasteiger partial charge in [0.2, 0.25) is 0 Å². The summed E-state index contributed by atoms with van der Waals surface area (Å²) < 4.78 is 18.9. The second-order valence-electron chi connectivity index (χ2n) is 7.89. The van der Waals surface area contributed by atoms with Crippen molar-refractivity contribution in [3.8, 4) is 10.4 Å². The van der Waals surface area contributed by atoms with Crippen LogP contribution in [0.3, 0.4) is 0 Å². The minimum Gasteiger partial charge on any atom is -0.394 e. The van der Waals surface area contributed by atoms with E-state index < -0.39 is 37.1 Å². The Balaban J connectivity index is 1.57. The van der Waals surface area contributed by atoms with Gasteiger partial charge in [0, 0.05) is 16.2 Å². The van der Waals surface area contributed by atoms with Gasteiger partial charge in [-0.1, -0.05) is 30.3 Å². The fourth-order valence-electron chi connectivity index (χ4n) is 3.87. The van der Waals surface area contributed by atoms with E-state index in [9.17, 15) is 24.8 Å². The van der Waals surface area contributed by atoms with Crippen molar-refractivity contribution in [1.82, 2.24) is 0 Å². The third-order valence-corrected chi connectivity index (χ3v) is 6.88. The summed E-state index contributed by atoms with van der Waals surface area (Å²) in [6.07, 6.45) is -5.21. The zero-order valence-electron chi connectivity index (χ0n) is 17.0. The predicted octanol–water partition coefficient (Wildman–Crippen LogP) is 2.97. The van der Waals surface area contributed by atoms with Crippen LogP contribution in [0.25, 0.3) is 10.4 Å². The molecular formula is C24H25FO5S. The zero-order chi connectivity index (χ0) is 22.1. The molecule has 5 atom stereocenters. The minimum atomic E-state index is -1.41. The molecule has 0 bridgehead atoms. The van der Waals surface area contributed by atoms with Crippen LogP contribution in [0.4, 0.5) is 4.39 Å². The molecule has 0 saturated carbocycles. The van der Waals surface area contributed by atoms with Crippen molar-refractivity contribution >= 4 is 11.3 Å². The molecule has 0 radical (unpaired) electrons. The van der Waals surface area contributed by atoms with Crippen molar-refractivity contribution in [2.45, 2.75) is 43.9 Å². The summed E-state index contributed by atoms with van der Waals surface area (Å²) in [7, 11) is 0. The third-order valence-electron chi connectivity index (χ3n) is 5.75. The van der Waals surface area contributed by atoms with Gasteiger partial charge in [0.1, 0.15) is 36.3 Å². The molecule has 1 aliphatic heterocycles. The van der Waals surface area contributed by atoms with Gasteiger partial charge in [0.25, 0.3) is 0 Å². The highest BCUT2D eigenvalue weighted by molar-refractivity contribution is 7.15. The molecule has 0 amide bonds. The second-order valence-corrected chi connectivity index (χ2v) is 9.05. The Bertz CT molecular complexity index is 1030. The highest BCUT2D eigenvalue weighted by atomic mass is 32.1. The quantitative estimate of drug-likeness (QED) is 0.486. The largest absolute Gasteiger partial charge is 0.394 e. The summed E-state index contributed by atoms with van der Waals surface area (Å²) in [5, 5.41) is 40.0. The van der Waals surface area contributed by atoms with Crippen molar-refractivity contribution in [3.63, 3.8) is 0 Å². The van der Waals surface area contributed by atoms with Crippen LogP contribution < -0.4 is 0 Å². The van der Waals surface area contributed by atoms with Crippen molar-refractivity contribution < 1.29 is 29.6 Å². The van der Waals surface area contributed by atoms with Gasteiger partial charge >= 0.3 is 0 Å². The zero-order valence-corrected chi connectivity index (χ0v) is 17.8. The van der Waals surface area contributed by atoms with E-state index in [2.05, 4.69) is 0 Å². The summed E-state index contributed by atoms with van der Waals surface area (Å²) in [5.74, 6) is -0.263. The molecule has 4 unspecified atom stereocenters. The third kappa shape index (κ3) is 4.57. The van der Waals surface area contributed by atoms with E-state index in [1.165, 1.54) is 12.1 Å². The molecule has 7 heteroatoms. The van der Waals surface area contributed by atoms with Crippen LogP contribution in [0.15, 0.2) is 54.6 Å². The van der Waals surface area contributed by atoms with Gasteiger partial charge in [-0.3, -0.25) is 0 Å². The molecule has 31 heavy (non-hydrogen) atoms. The smallest absolute Gasteiger partial charge is 0.123 e. The summed E-state index contributed by atoms with van der Waals surface area (Å²) >= 11 is 1.63. The Morgan fingerprint density at radius 3 is 2.39 bits per heavy atom. The Labute approximate surface area is 184 Å². The SMILES string of the molecule is Cc1ccc(C2OC(CO)[C@@H](O)C(O)C2O)cc1Cc1ccc(-c2ccc(F)cc2)s1. The number of benzene rings is 2. The number of aryl methyl sites for hydroxylation is 1. The Morgan fingerprint density at radius 2 is 1.68 bits per heavy atom. The molecule has 164 valence electrons. The first-order chi connectivity index (χ1) is 14.9. The first kappa shape index (κ1) is 22.1. The first-order valence-electron chi connectivity index (χ1n) is 10.1. The van der Waals surface area contributed by atoms with Crippen molar-refractivity contribution in [2.75, 3.05) is 6.61 Å². The van der Waals surface area contributed by atoms with Gasteiger partial charge in [-0.2, -0.15) is 0 Å². The Kier molecular flexibility index (Phi) is 6.52. The van der Waals surface area contributed by atoms with E-state index >= 15 is 0 Å². The summed E-state index contributed by atoms with van der Waals surface area (Å²) in [6, 6.07) is 16.2. The van der Waals surface area contributed by atoms with Gasteiger partial charge in [-0.05, 0) is 53.4 Å². The van der Waals surface area contributed by atoms with Crippen LogP contribution in [0, 0.1) is 12.7 Å². The lowest BCUT2D eigenvalue weighted by atomic mass is 9.89. The van der Waals surface area contributed by atoms with Gasteiger partial charge in [0.15, 0.2) is 0 Å². The lowest BCUT2D eigenvalue weighted by Crippen LogP contribution is -2.55. The lowest BCUT2D eigenvalue weighted by molar-refractivity contribution is -0.231. The Hall–Kier alpha value is -2.13. The standard InChI is InChI=1S/C24H25FO5S/c1-13-2-3-15(24-23(29)22(28)21(27)19(12-26)30-24)10-16(13)11-18-8-9-20(31-18)14-4-6-17(25)7-5-14/h2-10,19,21-24,26-29H,11-12H2,1H3/t19?,21-,22?,23?,24?/m1/s1. The predicted molar refractivity (Wildman–Crippen MR) is 116 cm³/mol. The molecule has 1 saturated heterocycles. The molecule has 4 rings (SSSR count).